The third kappa shape index (κ3) is 2.35. The Morgan fingerprint density at radius 1 is 0.700 bits per heavy atom. The largest absolute Gasteiger partial charge is 0.433 e. The molecule has 6 heteroatoms. The molecule has 2 aliphatic carbocycles. The van der Waals surface area contributed by atoms with E-state index >= 15 is 0 Å². The smallest absolute Gasteiger partial charge is 0.374 e. The highest BCUT2D eigenvalue weighted by atomic mass is 32.1. The minimum Gasteiger partial charge on any atom is -0.433 e. The summed E-state index contributed by atoms with van der Waals surface area (Å²) < 4.78 is 41.8. The Bertz CT molecular complexity index is 1310. The Morgan fingerprint density at radius 2 is 1.40 bits per heavy atom. The fourth-order valence-corrected chi connectivity index (χ4v) is 12.2. The van der Waals surface area contributed by atoms with Gasteiger partial charge in [-0.3, -0.25) is 9.13 Å². The topological polar surface area (TPSA) is 52.6 Å². The molecule has 0 saturated heterocycles. The van der Waals surface area contributed by atoms with E-state index in [0.717, 1.165) is 48.0 Å². The van der Waals surface area contributed by atoms with Gasteiger partial charge in [0.05, 0.1) is 10.6 Å². The Labute approximate surface area is 175 Å². The zero-order chi connectivity index (χ0) is 20.3. The third-order valence-corrected chi connectivity index (χ3v) is 13.6. The molecule has 2 aromatic rings. The molecule has 0 N–H and O–H groups in total. The lowest BCUT2D eigenvalue weighted by molar-refractivity contribution is 0.411. The van der Waals surface area contributed by atoms with Crippen molar-refractivity contribution in [1.29, 1.82) is 0 Å². The van der Waals surface area contributed by atoms with Crippen LogP contribution in [0.3, 0.4) is 0 Å². The normalized spacial score (nSPS) is 28.7. The molecule has 4 aliphatic rings. The van der Waals surface area contributed by atoms with E-state index in [-0.39, 0.29) is 0 Å². The fraction of sp³-hybridized carbons (Fsp3) is 0.167. The highest BCUT2D eigenvalue weighted by Crippen LogP contribution is 2.88. The van der Waals surface area contributed by atoms with Crippen LogP contribution in [0.2, 0.25) is 0 Å². The van der Waals surface area contributed by atoms with E-state index in [2.05, 4.69) is 0 Å². The summed E-state index contributed by atoms with van der Waals surface area (Å²) in [4.78, 5) is 0. The standard InChI is InChI=1S/C24H20O4P2/c25-29(23-15-7-3-11-19(23)17-9-1-5-13-21(17)27-29)30(26)24-16-8-4-12-20(24)18-10-2-6-14-22(18)28-30/h1,3,5-9,11,13-16H,2,4,10,12H2. The van der Waals surface area contributed by atoms with Gasteiger partial charge in [-0.2, -0.15) is 0 Å². The van der Waals surface area contributed by atoms with Gasteiger partial charge in [0.2, 0.25) is 0 Å². The maximum absolute atomic E-state index is 14.7. The minimum absolute atomic E-state index is 0.474. The first kappa shape index (κ1) is 18.2. The maximum atomic E-state index is 14.7. The van der Waals surface area contributed by atoms with Gasteiger partial charge in [-0.05, 0) is 55.0 Å². The molecule has 0 saturated carbocycles. The van der Waals surface area contributed by atoms with E-state index in [1.54, 1.807) is 12.1 Å². The summed E-state index contributed by atoms with van der Waals surface area (Å²) in [6.07, 6.45) is 11.2. The summed E-state index contributed by atoms with van der Waals surface area (Å²) >= 11 is 0. The highest BCUT2D eigenvalue weighted by Gasteiger charge is 2.58. The van der Waals surface area contributed by atoms with E-state index in [4.69, 9.17) is 9.05 Å². The Balaban J connectivity index is 1.63. The molecule has 150 valence electrons. The van der Waals surface area contributed by atoms with E-state index in [9.17, 15) is 9.13 Å². The van der Waals surface area contributed by atoms with Crippen molar-refractivity contribution in [3.63, 3.8) is 0 Å². The second kappa shape index (κ2) is 6.48. The average molecular weight is 434 g/mol. The molecule has 0 bridgehead atoms. The first-order valence-electron chi connectivity index (χ1n) is 10.2. The molecule has 2 atom stereocenters. The number of allylic oxidation sites excluding steroid dienone is 7. The highest BCUT2D eigenvalue weighted by molar-refractivity contribution is 8.37. The fourth-order valence-electron chi connectivity index (χ4n) is 4.72. The van der Waals surface area contributed by atoms with Crippen LogP contribution in [0.25, 0.3) is 11.1 Å². The van der Waals surface area contributed by atoms with Gasteiger partial charge in [0.1, 0.15) is 11.5 Å². The van der Waals surface area contributed by atoms with Crippen LogP contribution >= 0.6 is 14.1 Å². The summed E-state index contributed by atoms with van der Waals surface area (Å²) in [5.74, 6) is 1.08. The number of para-hydroxylation sites is 1. The molecule has 30 heavy (non-hydrogen) atoms. The first-order valence-corrected chi connectivity index (χ1v) is 14.2. The SMILES string of the molecule is O=P1(P2(=O)Oc3ccccc3-c3ccccc32)OC2=C(CCC=C2)C2=C1C=CCC2. The molecule has 0 aromatic heterocycles. The number of hydrogen-bond acceptors (Lipinski definition) is 4. The van der Waals surface area contributed by atoms with Crippen molar-refractivity contribution in [3.8, 4) is 16.9 Å². The van der Waals surface area contributed by atoms with Crippen LogP contribution in [-0.4, -0.2) is 0 Å². The number of fused-ring (bicyclic) bond motifs is 4. The van der Waals surface area contributed by atoms with Crippen LogP contribution in [0, 0.1) is 0 Å². The summed E-state index contributed by atoms with van der Waals surface area (Å²) in [6.45, 7) is 0. The van der Waals surface area contributed by atoms with Gasteiger partial charge in [0.25, 0.3) is 0 Å². The average Bonchev–Trinajstić information content (AvgIpc) is 2.79. The second-order valence-corrected chi connectivity index (χ2v) is 14.4. The Morgan fingerprint density at radius 3 is 2.27 bits per heavy atom. The van der Waals surface area contributed by atoms with E-state index < -0.39 is 14.1 Å². The molecule has 0 fully saturated rings. The quantitative estimate of drug-likeness (QED) is 0.450. The third-order valence-electron chi connectivity index (χ3n) is 6.12. The van der Waals surface area contributed by atoms with Crippen molar-refractivity contribution >= 4 is 19.4 Å². The lowest BCUT2D eigenvalue weighted by atomic mass is 9.90. The molecule has 2 unspecified atom stereocenters. The maximum Gasteiger partial charge on any atom is 0.374 e. The summed E-state index contributed by atoms with van der Waals surface area (Å²) in [5, 5.41) is 1.04. The zero-order valence-corrected chi connectivity index (χ0v) is 18.1. The van der Waals surface area contributed by atoms with Crippen LogP contribution < -0.4 is 9.83 Å². The van der Waals surface area contributed by atoms with Gasteiger partial charge in [0, 0.05) is 11.1 Å². The summed E-state index contributed by atoms with van der Waals surface area (Å²) in [6, 6.07) is 14.9. The molecule has 0 radical (unpaired) electrons. The number of hydrogen-bond donors (Lipinski definition) is 0. The van der Waals surface area contributed by atoms with E-state index in [0.29, 0.717) is 22.1 Å². The lowest BCUT2D eigenvalue weighted by Gasteiger charge is -2.38. The van der Waals surface area contributed by atoms with Crippen LogP contribution in [0.5, 0.6) is 5.75 Å². The molecule has 0 amide bonds. The first-order chi connectivity index (χ1) is 14.6. The Hall–Kier alpha value is -2.54. The van der Waals surface area contributed by atoms with Gasteiger partial charge in [-0.1, -0.05) is 54.6 Å². The van der Waals surface area contributed by atoms with Crippen LogP contribution in [-0.2, 0) is 13.7 Å². The molecule has 2 heterocycles. The monoisotopic (exact) mass is 434 g/mol. The minimum atomic E-state index is -3.92. The summed E-state index contributed by atoms with van der Waals surface area (Å²) in [5.41, 5.74) is 3.78. The molecular formula is C24H20O4P2. The van der Waals surface area contributed by atoms with Crippen molar-refractivity contribution in [1.82, 2.24) is 0 Å². The molecule has 4 nitrogen and oxygen atoms in total. The Kier molecular flexibility index (Phi) is 3.94. The molecule has 0 spiro atoms. The van der Waals surface area contributed by atoms with Crippen molar-refractivity contribution in [2.24, 2.45) is 0 Å². The van der Waals surface area contributed by atoms with Crippen molar-refractivity contribution < 1.29 is 18.2 Å². The lowest BCUT2D eigenvalue weighted by Crippen LogP contribution is -2.21. The molecular weight excluding hydrogens is 414 g/mol. The van der Waals surface area contributed by atoms with Crippen molar-refractivity contribution in [2.45, 2.75) is 25.7 Å². The van der Waals surface area contributed by atoms with Gasteiger partial charge in [0.15, 0.2) is 0 Å². The molecule has 2 aromatic carbocycles. The number of benzene rings is 2. The van der Waals surface area contributed by atoms with Crippen LogP contribution in [0.1, 0.15) is 25.7 Å². The van der Waals surface area contributed by atoms with Crippen LogP contribution in [0.15, 0.2) is 95.1 Å². The van der Waals surface area contributed by atoms with E-state index in [1.165, 1.54) is 0 Å². The predicted octanol–water partition coefficient (Wildman–Crippen LogP) is 7.08. The molecule has 2 aliphatic heterocycles. The van der Waals surface area contributed by atoms with Crippen molar-refractivity contribution in [3.05, 3.63) is 95.1 Å². The number of rotatable bonds is 1. The van der Waals surface area contributed by atoms with Crippen LogP contribution in [0.4, 0.5) is 0 Å². The molecule has 6 rings (SSSR count). The van der Waals surface area contributed by atoms with Gasteiger partial charge < -0.3 is 9.05 Å². The zero-order valence-electron chi connectivity index (χ0n) is 16.3. The van der Waals surface area contributed by atoms with Gasteiger partial charge in [-0.15, -0.1) is 0 Å². The predicted molar refractivity (Wildman–Crippen MR) is 119 cm³/mol. The van der Waals surface area contributed by atoms with E-state index in [1.807, 2.05) is 60.7 Å². The summed E-state index contributed by atoms with van der Waals surface area (Å²) in [7, 11) is -7.81. The van der Waals surface area contributed by atoms with Gasteiger partial charge >= 0.3 is 14.1 Å². The van der Waals surface area contributed by atoms with Crippen molar-refractivity contribution in [2.75, 3.05) is 0 Å². The van der Waals surface area contributed by atoms with Gasteiger partial charge in [-0.25, -0.2) is 0 Å². The second-order valence-electron chi connectivity index (χ2n) is 7.83.